The minimum atomic E-state index is -0.300. The van der Waals surface area contributed by atoms with Crippen LogP contribution in [0.4, 0.5) is 5.69 Å². The second-order valence-electron chi connectivity index (χ2n) is 5.43. The van der Waals surface area contributed by atoms with Crippen molar-refractivity contribution in [3.8, 4) is 11.4 Å². The van der Waals surface area contributed by atoms with E-state index in [1.807, 2.05) is 31.2 Å². The van der Waals surface area contributed by atoms with Gasteiger partial charge in [-0.15, -0.1) is 11.8 Å². The predicted octanol–water partition coefficient (Wildman–Crippen LogP) is 4.05. The number of amides is 1. The Morgan fingerprint density at radius 1 is 1.27 bits per heavy atom. The molecule has 0 spiro atoms. The molecule has 0 bridgehead atoms. The first kappa shape index (κ1) is 18.3. The Hall–Kier alpha value is -2.51. The van der Waals surface area contributed by atoms with Gasteiger partial charge in [0.15, 0.2) is 0 Å². The van der Waals surface area contributed by atoms with Gasteiger partial charge in [-0.1, -0.05) is 11.6 Å². The lowest BCUT2D eigenvalue weighted by atomic mass is 10.2. The lowest BCUT2D eigenvalue weighted by Gasteiger charge is -2.15. The number of aromatic nitrogens is 3. The lowest BCUT2D eigenvalue weighted by Crippen LogP contribution is -2.23. The molecule has 2 aromatic carbocycles. The summed E-state index contributed by atoms with van der Waals surface area (Å²) in [5.74, 6) is 0.650. The molecule has 26 heavy (non-hydrogen) atoms. The smallest absolute Gasteiger partial charge is 0.237 e. The molecule has 6 nitrogen and oxygen atoms in total. The molecule has 1 atom stereocenters. The third-order valence-corrected chi connectivity index (χ3v) is 4.97. The zero-order valence-electron chi connectivity index (χ0n) is 14.2. The van der Waals surface area contributed by atoms with Crippen LogP contribution in [0.1, 0.15) is 6.92 Å². The number of ether oxygens (including phenoxy) is 1. The van der Waals surface area contributed by atoms with E-state index in [1.165, 1.54) is 18.1 Å². The maximum absolute atomic E-state index is 12.6. The molecule has 1 amide bonds. The average molecular weight is 389 g/mol. The van der Waals surface area contributed by atoms with Gasteiger partial charge < -0.3 is 10.1 Å². The number of hydrogen-bond donors (Lipinski definition) is 1. The number of thioether (sulfide) groups is 1. The average Bonchev–Trinajstić information content (AvgIpc) is 3.17. The fraction of sp³-hybridized carbons (Fsp3) is 0.167. The molecule has 0 saturated carbocycles. The highest BCUT2D eigenvalue weighted by atomic mass is 35.5. The molecule has 1 N–H and O–H groups in total. The van der Waals surface area contributed by atoms with Crippen LogP contribution in [0.15, 0.2) is 60.0 Å². The van der Waals surface area contributed by atoms with E-state index in [0.717, 1.165) is 10.6 Å². The quantitative estimate of drug-likeness (QED) is 0.645. The maximum Gasteiger partial charge on any atom is 0.237 e. The van der Waals surface area contributed by atoms with E-state index in [1.54, 1.807) is 36.3 Å². The summed E-state index contributed by atoms with van der Waals surface area (Å²) in [6.45, 7) is 1.85. The number of methoxy groups -OCH3 is 1. The molecule has 0 aliphatic rings. The fourth-order valence-electron chi connectivity index (χ4n) is 2.29. The van der Waals surface area contributed by atoms with Gasteiger partial charge in [-0.2, -0.15) is 5.10 Å². The van der Waals surface area contributed by atoms with E-state index in [4.69, 9.17) is 16.3 Å². The fourth-order valence-corrected chi connectivity index (χ4v) is 3.33. The van der Waals surface area contributed by atoms with Gasteiger partial charge in [0.05, 0.1) is 23.7 Å². The molecule has 0 aliphatic heterocycles. The van der Waals surface area contributed by atoms with Crippen molar-refractivity contribution in [2.75, 3.05) is 12.4 Å². The van der Waals surface area contributed by atoms with Crippen molar-refractivity contribution >= 4 is 35.0 Å². The maximum atomic E-state index is 12.6. The number of nitrogens with one attached hydrogen (secondary N) is 1. The van der Waals surface area contributed by atoms with Gasteiger partial charge in [-0.3, -0.25) is 4.79 Å². The summed E-state index contributed by atoms with van der Waals surface area (Å²) in [7, 11) is 1.62. The van der Waals surface area contributed by atoms with Crippen LogP contribution in [0.2, 0.25) is 5.02 Å². The number of anilines is 1. The largest absolute Gasteiger partial charge is 0.497 e. The molecule has 3 aromatic rings. The first-order chi connectivity index (χ1) is 12.6. The third kappa shape index (κ3) is 4.36. The van der Waals surface area contributed by atoms with Crippen LogP contribution in [-0.4, -0.2) is 33.0 Å². The number of nitrogens with zero attached hydrogens (tertiary/aromatic N) is 3. The van der Waals surface area contributed by atoms with E-state index in [0.29, 0.717) is 16.4 Å². The molecule has 3 rings (SSSR count). The molecule has 8 heteroatoms. The monoisotopic (exact) mass is 388 g/mol. The van der Waals surface area contributed by atoms with Crippen molar-refractivity contribution in [2.45, 2.75) is 17.1 Å². The van der Waals surface area contributed by atoms with Crippen LogP contribution in [0.25, 0.3) is 5.69 Å². The van der Waals surface area contributed by atoms with Gasteiger partial charge in [0.25, 0.3) is 0 Å². The molecule has 1 heterocycles. The summed E-state index contributed by atoms with van der Waals surface area (Å²) in [5.41, 5.74) is 1.28. The van der Waals surface area contributed by atoms with Crippen LogP contribution in [-0.2, 0) is 4.79 Å². The van der Waals surface area contributed by atoms with Crippen LogP contribution in [0.3, 0.4) is 0 Å². The molecular formula is C18H17ClN4O2S. The number of carbonyl (C=O) groups is 1. The Kier molecular flexibility index (Phi) is 5.80. The molecular weight excluding hydrogens is 372 g/mol. The SMILES string of the molecule is COc1ccc(SC(C)C(=O)Nc2cc(Cl)ccc2-n2cncn2)cc1. The standard InChI is InChI=1S/C18H17ClN4O2S/c1-12(26-15-6-4-14(25-2)5-7-15)18(24)22-16-9-13(19)3-8-17(16)23-11-20-10-21-23/h3-12H,1-2H3,(H,22,24). The van der Waals surface area contributed by atoms with Crippen LogP contribution < -0.4 is 10.1 Å². The van der Waals surface area contributed by atoms with Crippen LogP contribution >= 0.6 is 23.4 Å². The lowest BCUT2D eigenvalue weighted by molar-refractivity contribution is -0.115. The molecule has 0 radical (unpaired) electrons. The van der Waals surface area contributed by atoms with Gasteiger partial charge in [0, 0.05) is 9.92 Å². The zero-order chi connectivity index (χ0) is 18.5. The Morgan fingerprint density at radius 2 is 2.04 bits per heavy atom. The molecule has 0 aliphatic carbocycles. The van der Waals surface area contributed by atoms with Crippen molar-refractivity contribution in [3.63, 3.8) is 0 Å². The van der Waals surface area contributed by atoms with Gasteiger partial charge >= 0.3 is 0 Å². The highest BCUT2D eigenvalue weighted by Crippen LogP contribution is 2.28. The molecule has 134 valence electrons. The Morgan fingerprint density at radius 3 is 2.69 bits per heavy atom. The number of halogens is 1. The molecule has 1 unspecified atom stereocenters. The van der Waals surface area contributed by atoms with Crippen molar-refractivity contribution in [1.29, 1.82) is 0 Å². The van der Waals surface area contributed by atoms with E-state index in [-0.39, 0.29) is 11.2 Å². The highest BCUT2D eigenvalue weighted by molar-refractivity contribution is 8.00. The Bertz CT molecular complexity index is 885. The number of hydrogen-bond acceptors (Lipinski definition) is 5. The second kappa shape index (κ2) is 8.25. The molecule has 1 aromatic heterocycles. The van der Waals surface area contributed by atoms with Crippen molar-refractivity contribution < 1.29 is 9.53 Å². The summed E-state index contributed by atoms with van der Waals surface area (Å²) in [5, 5.41) is 7.26. The second-order valence-corrected chi connectivity index (χ2v) is 7.28. The van der Waals surface area contributed by atoms with Crippen LogP contribution in [0.5, 0.6) is 5.75 Å². The molecule has 0 fully saturated rings. The summed E-state index contributed by atoms with van der Waals surface area (Å²) < 4.78 is 6.72. The topological polar surface area (TPSA) is 69.0 Å². The van der Waals surface area contributed by atoms with Gasteiger partial charge in [0.1, 0.15) is 18.4 Å². The predicted molar refractivity (Wildman–Crippen MR) is 103 cm³/mol. The number of carbonyl (C=O) groups excluding carboxylic acids is 1. The van der Waals surface area contributed by atoms with Gasteiger partial charge in [0.2, 0.25) is 5.91 Å². The summed E-state index contributed by atoms with van der Waals surface area (Å²) >= 11 is 7.55. The zero-order valence-corrected chi connectivity index (χ0v) is 15.8. The summed E-state index contributed by atoms with van der Waals surface area (Å²) in [6, 6.07) is 12.8. The first-order valence-corrected chi connectivity index (χ1v) is 9.08. The minimum absolute atomic E-state index is 0.130. The number of benzene rings is 2. The number of rotatable bonds is 6. The van der Waals surface area contributed by atoms with E-state index in [9.17, 15) is 4.79 Å². The van der Waals surface area contributed by atoms with Crippen molar-refractivity contribution in [2.24, 2.45) is 0 Å². The Labute approximate surface area is 160 Å². The van der Waals surface area contributed by atoms with E-state index < -0.39 is 0 Å². The third-order valence-electron chi connectivity index (χ3n) is 3.62. The van der Waals surface area contributed by atoms with Gasteiger partial charge in [-0.05, 0) is 49.4 Å². The van der Waals surface area contributed by atoms with E-state index in [2.05, 4.69) is 15.4 Å². The van der Waals surface area contributed by atoms with Crippen molar-refractivity contribution in [3.05, 3.63) is 60.1 Å². The first-order valence-electron chi connectivity index (χ1n) is 7.83. The van der Waals surface area contributed by atoms with Gasteiger partial charge in [-0.25, -0.2) is 9.67 Å². The normalized spacial score (nSPS) is 11.8. The van der Waals surface area contributed by atoms with Crippen molar-refractivity contribution in [1.82, 2.24) is 14.8 Å². The minimum Gasteiger partial charge on any atom is -0.497 e. The Balaban J connectivity index is 1.73. The highest BCUT2D eigenvalue weighted by Gasteiger charge is 2.17. The summed E-state index contributed by atoms with van der Waals surface area (Å²) in [6.07, 6.45) is 3.00. The van der Waals surface area contributed by atoms with E-state index >= 15 is 0 Å². The molecule has 0 saturated heterocycles. The summed E-state index contributed by atoms with van der Waals surface area (Å²) in [4.78, 5) is 17.5. The van der Waals surface area contributed by atoms with Crippen LogP contribution in [0, 0.1) is 0 Å².